The lowest BCUT2D eigenvalue weighted by Crippen LogP contribution is -2.11. The Kier molecular flexibility index (Phi) is 6.34. The molecule has 0 bridgehead atoms. The third kappa shape index (κ3) is 5.13. The van der Waals surface area contributed by atoms with E-state index in [1.807, 2.05) is 66.7 Å². The van der Waals surface area contributed by atoms with Gasteiger partial charge >= 0.3 is 0 Å². The second kappa shape index (κ2) is 9.49. The standard InChI is InChI=1S/C26H21NO3S/c1-30-23-13-11-19(12-14-23)25(28)17-31-24-8-4-7-22(16-24)27-26(29)21-10-9-18-5-2-3-6-20(18)15-21/h2-16H,17H2,1H3,(H,27,29). The number of hydrogen-bond donors (Lipinski definition) is 1. The Balaban J connectivity index is 1.40. The summed E-state index contributed by atoms with van der Waals surface area (Å²) in [7, 11) is 1.60. The van der Waals surface area contributed by atoms with E-state index in [1.165, 1.54) is 11.8 Å². The number of ketones is 1. The summed E-state index contributed by atoms with van der Waals surface area (Å²) in [6.45, 7) is 0. The maximum absolute atomic E-state index is 12.7. The van der Waals surface area contributed by atoms with Gasteiger partial charge in [0.25, 0.3) is 5.91 Å². The van der Waals surface area contributed by atoms with E-state index in [-0.39, 0.29) is 11.7 Å². The number of anilines is 1. The maximum Gasteiger partial charge on any atom is 0.255 e. The molecule has 0 aromatic heterocycles. The fourth-order valence-corrected chi connectivity index (χ4v) is 4.06. The van der Waals surface area contributed by atoms with Gasteiger partial charge in [0.1, 0.15) is 5.75 Å². The zero-order chi connectivity index (χ0) is 21.6. The SMILES string of the molecule is COc1ccc(C(=O)CSc2cccc(NC(=O)c3ccc4ccccc4c3)c2)cc1. The summed E-state index contributed by atoms with van der Waals surface area (Å²) in [6.07, 6.45) is 0. The first-order valence-electron chi connectivity index (χ1n) is 9.83. The Hall–Kier alpha value is -3.57. The molecule has 1 N–H and O–H groups in total. The van der Waals surface area contributed by atoms with Crippen molar-refractivity contribution in [2.24, 2.45) is 0 Å². The van der Waals surface area contributed by atoms with Crippen molar-refractivity contribution in [3.63, 3.8) is 0 Å². The van der Waals surface area contributed by atoms with Gasteiger partial charge in [-0.3, -0.25) is 9.59 Å². The predicted molar refractivity (Wildman–Crippen MR) is 126 cm³/mol. The summed E-state index contributed by atoms with van der Waals surface area (Å²) in [4.78, 5) is 26.0. The number of carbonyl (C=O) groups excluding carboxylic acids is 2. The second-order valence-electron chi connectivity index (χ2n) is 6.98. The van der Waals surface area contributed by atoms with Gasteiger partial charge in [-0.05, 0) is 65.4 Å². The molecule has 154 valence electrons. The van der Waals surface area contributed by atoms with Gasteiger partial charge in [-0.15, -0.1) is 11.8 Å². The highest BCUT2D eigenvalue weighted by atomic mass is 32.2. The number of carbonyl (C=O) groups is 2. The molecule has 0 unspecified atom stereocenters. The van der Waals surface area contributed by atoms with Crippen molar-refractivity contribution >= 4 is 39.9 Å². The molecule has 4 aromatic rings. The van der Waals surface area contributed by atoms with Crippen LogP contribution in [0.25, 0.3) is 10.8 Å². The minimum Gasteiger partial charge on any atom is -0.497 e. The minimum atomic E-state index is -0.165. The molecule has 0 aliphatic carbocycles. The van der Waals surface area contributed by atoms with E-state index in [0.29, 0.717) is 22.6 Å². The highest BCUT2D eigenvalue weighted by Crippen LogP contribution is 2.24. The lowest BCUT2D eigenvalue weighted by atomic mass is 10.1. The zero-order valence-electron chi connectivity index (χ0n) is 17.0. The van der Waals surface area contributed by atoms with Crippen molar-refractivity contribution in [3.05, 3.63) is 102 Å². The average molecular weight is 428 g/mol. The molecular weight excluding hydrogens is 406 g/mol. The first-order chi connectivity index (χ1) is 15.1. The van der Waals surface area contributed by atoms with Crippen LogP contribution < -0.4 is 10.1 Å². The first-order valence-corrected chi connectivity index (χ1v) is 10.8. The van der Waals surface area contributed by atoms with Gasteiger partial charge in [0, 0.05) is 21.7 Å². The second-order valence-corrected chi connectivity index (χ2v) is 8.03. The van der Waals surface area contributed by atoms with Crippen molar-refractivity contribution in [1.29, 1.82) is 0 Å². The highest BCUT2D eigenvalue weighted by Gasteiger charge is 2.10. The number of amides is 1. The monoisotopic (exact) mass is 427 g/mol. The molecule has 0 radical (unpaired) electrons. The first kappa shape index (κ1) is 20.7. The van der Waals surface area contributed by atoms with E-state index < -0.39 is 0 Å². The minimum absolute atomic E-state index is 0.0401. The van der Waals surface area contributed by atoms with E-state index in [0.717, 1.165) is 21.4 Å². The highest BCUT2D eigenvalue weighted by molar-refractivity contribution is 8.00. The molecule has 0 heterocycles. The van der Waals surface area contributed by atoms with Gasteiger partial charge in [0.2, 0.25) is 0 Å². The Morgan fingerprint density at radius 3 is 2.32 bits per heavy atom. The number of rotatable bonds is 7. The summed E-state index contributed by atoms with van der Waals surface area (Å²) < 4.78 is 5.13. The van der Waals surface area contributed by atoms with Gasteiger partial charge in [0.05, 0.1) is 12.9 Å². The summed E-state index contributed by atoms with van der Waals surface area (Å²) in [6, 6.07) is 28.2. The van der Waals surface area contributed by atoms with Gasteiger partial charge in [-0.2, -0.15) is 0 Å². The number of thioether (sulfide) groups is 1. The zero-order valence-corrected chi connectivity index (χ0v) is 17.8. The van der Waals surface area contributed by atoms with E-state index in [1.54, 1.807) is 31.4 Å². The fourth-order valence-electron chi connectivity index (χ4n) is 3.21. The normalized spacial score (nSPS) is 10.6. The van der Waals surface area contributed by atoms with Crippen LogP contribution in [-0.2, 0) is 0 Å². The summed E-state index contributed by atoms with van der Waals surface area (Å²) in [5.41, 5.74) is 1.94. The summed E-state index contributed by atoms with van der Waals surface area (Å²) in [5, 5.41) is 5.07. The molecule has 4 aromatic carbocycles. The number of Topliss-reactive ketones (excluding diaryl/α,β-unsaturated/α-hetero) is 1. The van der Waals surface area contributed by atoms with Crippen molar-refractivity contribution in [1.82, 2.24) is 0 Å². The molecule has 0 atom stereocenters. The van der Waals surface area contributed by atoms with Crippen LogP contribution in [0, 0.1) is 0 Å². The lowest BCUT2D eigenvalue weighted by molar-refractivity contribution is 0.101. The third-order valence-electron chi connectivity index (χ3n) is 4.89. The molecular formula is C26H21NO3S. The van der Waals surface area contributed by atoms with E-state index in [9.17, 15) is 9.59 Å². The number of ether oxygens (including phenoxy) is 1. The molecule has 0 saturated carbocycles. The van der Waals surface area contributed by atoms with Crippen LogP contribution >= 0.6 is 11.8 Å². The quantitative estimate of drug-likeness (QED) is 0.287. The maximum atomic E-state index is 12.7. The van der Waals surface area contributed by atoms with Crippen molar-refractivity contribution < 1.29 is 14.3 Å². The van der Waals surface area contributed by atoms with Gasteiger partial charge < -0.3 is 10.1 Å². The number of benzene rings is 4. The largest absolute Gasteiger partial charge is 0.497 e. The summed E-state index contributed by atoms with van der Waals surface area (Å²) >= 11 is 1.44. The van der Waals surface area contributed by atoms with Crippen LogP contribution in [0.2, 0.25) is 0 Å². The molecule has 1 amide bonds. The van der Waals surface area contributed by atoms with Crippen molar-refractivity contribution in [3.8, 4) is 5.75 Å². The van der Waals surface area contributed by atoms with Gasteiger partial charge in [-0.1, -0.05) is 36.4 Å². The smallest absolute Gasteiger partial charge is 0.255 e. The molecule has 0 saturated heterocycles. The summed E-state index contributed by atoms with van der Waals surface area (Å²) in [5.74, 6) is 0.911. The van der Waals surface area contributed by atoms with Crippen LogP contribution in [-0.4, -0.2) is 24.6 Å². The third-order valence-corrected chi connectivity index (χ3v) is 5.88. The van der Waals surface area contributed by atoms with Crippen LogP contribution in [0.5, 0.6) is 5.75 Å². The van der Waals surface area contributed by atoms with Crippen LogP contribution in [0.4, 0.5) is 5.69 Å². The van der Waals surface area contributed by atoms with Crippen LogP contribution in [0.1, 0.15) is 20.7 Å². The molecule has 4 nitrogen and oxygen atoms in total. The van der Waals surface area contributed by atoms with E-state index in [4.69, 9.17) is 4.74 Å². The Morgan fingerprint density at radius 1 is 0.806 bits per heavy atom. The molecule has 31 heavy (non-hydrogen) atoms. The molecule has 4 rings (SSSR count). The lowest BCUT2D eigenvalue weighted by Gasteiger charge is -2.08. The van der Waals surface area contributed by atoms with E-state index >= 15 is 0 Å². The molecule has 0 spiro atoms. The van der Waals surface area contributed by atoms with Crippen LogP contribution in [0.15, 0.2) is 95.9 Å². The van der Waals surface area contributed by atoms with E-state index in [2.05, 4.69) is 5.32 Å². The molecule has 0 fully saturated rings. The van der Waals surface area contributed by atoms with Crippen molar-refractivity contribution in [2.75, 3.05) is 18.2 Å². The van der Waals surface area contributed by atoms with Gasteiger partial charge in [0.15, 0.2) is 5.78 Å². The molecule has 0 aliphatic rings. The van der Waals surface area contributed by atoms with Crippen molar-refractivity contribution in [2.45, 2.75) is 4.90 Å². The number of hydrogen-bond acceptors (Lipinski definition) is 4. The molecule has 0 aliphatic heterocycles. The Labute approximate surface area is 185 Å². The fraction of sp³-hybridized carbons (Fsp3) is 0.0769. The predicted octanol–water partition coefficient (Wildman–Crippen LogP) is 6.08. The topological polar surface area (TPSA) is 55.4 Å². The number of fused-ring (bicyclic) bond motifs is 1. The number of methoxy groups -OCH3 is 1. The van der Waals surface area contributed by atoms with Crippen LogP contribution in [0.3, 0.4) is 0 Å². The average Bonchev–Trinajstić information content (AvgIpc) is 2.82. The number of nitrogens with one attached hydrogen (secondary N) is 1. The Morgan fingerprint density at radius 2 is 1.55 bits per heavy atom. The Bertz CT molecular complexity index is 1230. The van der Waals surface area contributed by atoms with Gasteiger partial charge in [-0.25, -0.2) is 0 Å². The molecule has 5 heteroatoms.